The molecule has 7 rings (SSSR count). The Bertz CT molecular complexity index is 1880. The van der Waals surface area contributed by atoms with Crippen molar-refractivity contribution in [1.82, 2.24) is 24.8 Å². The number of thiophene rings is 1. The van der Waals surface area contributed by atoms with Gasteiger partial charge in [-0.05, 0) is 35.0 Å². The van der Waals surface area contributed by atoms with Crippen LogP contribution in [0.2, 0.25) is 0 Å². The van der Waals surface area contributed by atoms with Gasteiger partial charge in [-0.3, -0.25) is 30.1 Å². The predicted octanol–water partition coefficient (Wildman–Crippen LogP) is 5.69. The molecule has 0 radical (unpaired) electrons. The summed E-state index contributed by atoms with van der Waals surface area (Å²) in [6.45, 7) is 2.69. The fourth-order valence-electron chi connectivity index (χ4n) is 4.88. The maximum absolute atomic E-state index is 13.3. The van der Waals surface area contributed by atoms with Gasteiger partial charge in [0, 0.05) is 47.4 Å². The third-order valence-corrected chi connectivity index (χ3v) is 8.70. The van der Waals surface area contributed by atoms with Crippen LogP contribution < -0.4 is 10.6 Å². The summed E-state index contributed by atoms with van der Waals surface area (Å²) < 4.78 is 0. The number of carbonyl (C=O) groups is 2. The van der Waals surface area contributed by atoms with Gasteiger partial charge in [-0.1, -0.05) is 36.4 Å². The number of H-pyrrole nitrogens is 1. The first kappa shape index (κ1) is 24.6. The van der Waals surface area contributed by atoms with E-state index in [9.17, 15) is 9.59 Å². The number of aromatic amines is 1. The minimum absolute atomic E-state index is 0.241. The number of anilines is 2. The maximum Gasteiger partial charge on any atom is 0.276 e. The lowest BCUT2D eigenvalue weighted by Crippen LogP contribution is -2.29. The number of hydrogen-bond donors (Lipinski definition) is 3. The molecule has 0 spiro atoms. The van der Waals surface area contributed by atoms with Gasteiger partial charge in [0.25, 0.3) is 11.8 Å². The SMILES string of the molecule is O=C(Nc1nc2c(C(=O)Nc3nc4c(s3)CN(Cc3cccs3)CC4)cccc2[nH]1)c1cc2ccccc2cn1. The van der Waals surface area contributed by atoms with Gasteiger partial charge in [0.15, 0.2) is 5.13 Å². The number of nitrogens with zero attached hydrogens (tertiary/aromatic N) is 4. The van der Waals surface area contributed by atoms with Crippen molar-refractivity contribution in [2.24, 2.45) is 0 Å². The van der Waals surface area contributed by atoms with Crippen molar-refractivity contribution >= 4 is 67.4 Å². The van der Waals surface area contributed by atoms with Crippen molar-refractivity contribution in [2.75, 3.05) is 17.2 Å². The molecule has 9 nitrogen and oxygen atoms in total. The van der Waals surface area contributed by atoms with Crippen molar-refractivity contribution < 1.29 is 9.59 Å². The first-order chi connectivity index (χ1) is 19.6. The second kappa shape index (κ2) is 10.3. The number of imidazole rings is 1. The number of rotatable bonds is 6. The number of fused-ring (bicyclic) bond motifs is 3. The molecule has 1 aliphatic heterocycles. The fraction of sp³-hybridized carbons (Fsp3) is 0.138. The summed E-state index contributed by atoms with van der Waals surface area (Å²) in [6.07, 6.45) is 2.53. The van der Waals surface area contributed by atoms with Crippen molar-refractivity contribution in [3.63, 3.8) is 0 Å². The van der Waals surface area contributed by atoms with Crippen LogP contribution in [0.5, 0.6) is 0 Å². The van der Waals surface area contributed by atoms with Crippen LogP contribution in [-0.2, 0) is 19.5 Å². The van der Waals surface area contributed by atoms with Gasteiger partial charge in [0.05, 0.1) is 16.8 Å². The topological polar surface area (TPSA) is 116 Å². The number of carbonyl (C=O) groups excluding carboxylic acids is 2. The van der Waals surface area contributed by atoms with Gasteiger partial charge >= 0.3 is 0 Å². The minimum Gasteiger partial charge on any atom is -0.324 e. The Kier molecular flexibility index (Phi) is 6.31. The highest BCUT2D eigenvalue weighted by Gasteiger charge is 2.23. The van der Waals surface area contributed by atoms with E-state index in [0.717, 1.165) is 42.5 Å². The molecule has 0 unspecified atom stereocenters. The molecule has 40 heavy (non-hydrogen) atoms. The normalized spacial score (nSPS) is 13.4. The molecule has 6 aromatic rings. The highest BCUT2D eigenvalue weighted by molar-refractivity contribution is 7.15. The molecule has 2 aromatic carbocycles. The molecule has 4 aromatic heterocycles. The van der Waals surface area contributed by atoms with E-state index in [-0.39, 0.29) is 17.5 Å². The molecule has 0 aliphatic carbocycles. The number of benzene rings is 2. The number of amides is 2. The van der Waals surface area contributed by atoms with E-state index >= 15 is 0 Å². The van der Waals surface area contributed by atoms with Gasteiger partial charge in [-0.25, -0.2) is 9.97 Å². The van der Waals surface area contributed by atoms with Crippen molar-refractivity contribution in [2.45, 2.75) is 19.5 Å². The molecule has 5 heterocycles. The standard InChI is InChI=1S/C29H23N7O2S2/c37-26(35-29-32-21-10-11-36(16-24(21)40-29)15-19-7-4-12-39-19)20-8-3-9-22-25(20)33-28(31-22)34-27(38)23-13-17-5-1-2-6-18(17)14-30-23/h1-9,12-14H,10-11,15-16H2,(H,32,35,37)(H2,31,33,34,38). The Hall–Kier alpha value is -4.45. The first-order valence-electron chi connectivity index (χ1n) is 12.8. The zero-order valence-electron chi connectivity index (χ0n) is 21.2. The lowest BCUT2D eigenvalue weighted by atomic mass is 10.1. The summed E-state index contributed by atoms with van der Waals surface area (Å²) in [7, 11) is 0. The van der Waals surface area contributed by atoms with E-state index in [2.05, 4.69) is 48.0 Å². The van der Waals surface area contributed by atoms with E-state index < -0.39 is 5.91 Å². The molecule has 3 N–H and O–H groups in total. The Morgan fingerprint density at radius 3 is 2.75 bits per heavy atom. The van der Waals surface area contributed by atoms with E-state index in [1.54, 1.807) is 35.7 Å². The molecule has 1 aliphatic rings. The van der Waals surface area contributed by atoms with Crippen LogP contribution in [0.1, 0.15) is 36.3 Å². The zero-order chi connectivity index (χ0) is 27.1. The Morgan fingerprint density at radius 1 is 0.975 bits per heavy atom. The average Bonchev–Trinajstić information content (AvgIpc) is 3.72. The molecule has 0 atom stereocenters. The van der Waals surface area contributed by atoms with Gasteiger partial charge < -0.3 is 4.98 Å². The van der Waals surface area contributed by atoms with Crippen molar-refractivity contribution in [3.8, 4) is 0 Å². The molecule has 0 bridgehead atoms. The smallest absolute Gasteiger partial charge is 0.276 e. The van der Waals surface area contributed by atoms with E-state index in [1.165, 1.54) is 21.1 Å². The van der Waals surface area contributed by atoms with Crippen molar-refractivity contribution in [3.05, 3.63) is 98.9 Å². The van der Waals surface area contributed by atoms with Crippen LogP contribution in [-0.4, -0.2) is 43.2 Å². The summed E-state index contributed by atoms with van der Waals surface area (Å²) in [5.74, 6) is -0.448. The molecular weight excluding hydrogens is 543 g/mol. The average molecular weight is 566 g/mol. The summed E-state index contributed by atoms with van der Waals surface area (Å²) in [4.78, 5) is 47.7. The van der Waals surface area contributed by atoms with Crippen LogP contribution in [0.4, 0.5) is 11.1 Å². The summed E-state index contributed by atoms with van der Waals surface area (Å²) in [5, 5.41) is 10.3. The molecule has 0 fully saturated rings. The number of nitrogens with one attached hydrogen (secondary N) is 3. The quantitative estimate of drug-likeness (QED) is 0.239. The molecular formula is C29H23N7O2S2. The number of thiazole rings is 1. The number of aromatic nitrogens is 4. The molecule has 11 heteroatoms. The Balaban J connectivity index is 1.07. The highest BCUT2D eigenvalue weighted by atomic mass is 32.1. The van der Waals surface area contributed by atoms with Gasteiger partial charge in [0.2, 0.25) is 5.95 Å². The van der Waals surface area contributed by atoms with Crippen LogP contribution in [0.25, 0.3) is 21.8 Å². The van der Waals surface area contributed by atoms with Crippen LogP contribution >= 0.6 is 22.7 Å². The lowest BCUT2D eigenvalue weighted by Gasteiger charge is -2.25. The maximum atomic E-state index is 13.3. The monoisotopic (exact) mass is 565 g/mol. The van der Waals surface area contributed by atoms with E-state index in [4.69, 9.17) is 4.98 Å². The second-order valence-electron chi connectivity index (χ2n) is 9.54. The molecule has 2 amide bonds. The third-order valence-electron chi connectivity index (χ3n) is 6.84. The van der Waals surface area contributed by atoms with E-state index in [1.807, 2.05) is 30.3 Å². The van der Waals surface area contributed by atoms with Gasteiger partial charge in [-0.15, -0.1) is 22.7 Å². The predicted molar refractivity (Wildman–Crippen MR) is 158 cm³/mol. The third kappa shape index (κ3) is 4.86. The van der Waals surface area contributed by atoms with Crippen molar-refractivity contribution in [1.29, 1.82) is 0 Å². The van der Waals surface area contributed by atoms with Crippen LogP contribution in [0.15, 0.2) is 72.2 Å². The highest BCUT2D eigenvalue weighted by Crippen LogP contribution is 2.30. The second-order valence-corrected chi connectivity index (χ2v) is 11.7. The minimum atomic E-state index is -0.391. The number of para-hydroxylation sites is 1. The summed E-state index contributed by atoms with van der Waals surface area (Å²) >= 11 is 3.29. The fourth-order valence-corrected chi connectivity index (χ4v) is 6.67. The van der Waals surface area contributed by atoms with Crippen LogP contribution in [0, 0.1) is 0 Å². The number of hydrogen-bond acceptors (Lipinski definition) is 8. The largest absolute Gasteiger partial charge is 0.324 e. The summed E-state index contributed by atoms with van der Waals surface area (Å²) in [5.41, 5.74) is 2.82. The lowest BCUT2D eigenvalue weighted by molar-refractivity contribution is 0.101. The molecule has 0 saturated heterocycles. The van der Waals surface area contributed by atoms with Gasteiger partial charge in [0.1, 0.15) is 11.2 Å². The van der Waals surface area contributed by atoms with Crippen LogP contribution in [0.3, 0.4) is 0 Å². The molecule has 0 saturated carbocycles. The van der Waals surface area contributed by atoms with Gasteiger partial charge in [-0.2, -0.15) is 0 Å². The zero-order valence-corrected chi connectivity index (χ0v) is 22.8. The number of pyridine rings is 1. The Morgan fingerprint density at radius 2 is 1.88 bits per heavy atom. The first-order valence-corrected chi connectivity index (χ1v) is 14.5. The molecule has 198 valence electrons. The van der Waals surface area contributed by atoms with E-state index in [0.29, 0.717) is 21.7 Å². The summed E-state index contributed by atoms with van der Waals surface area (Å²) in [6, 6.07) is 19.0. The Labute approximate surface area is 236 Å².